The van der Waals surface area contributed by atoms with Gasteiger partial charge in [-0.15, -0.1) is 0 Å². The SMILES string of the molecule is CCCCCCCCN1CC[O][SnH][O]CC1. The van der Waals surface area contributed by atoms with Crippen LogP contribution in [0, 0.1) is 0 Å². The van der Waals surface area contributed by atoms with Gasteiger partial charge in [0.2, 0.25) is 0 Å². The molecular formula is C12H26NO2Sn. The number of hydrogen-bond donors (Lipinski definition) is 0. The number of unbranched alkanes of at least 4 members (excludes halogenated alkanes) is 5. The second-order valence-electron chi connectivity index (χ2n) is 4.45. The Morgan fingerprint density at radius 1 is 0.938 bits per heavy atom. The van der Waals surface area contributed by atoms with E-state index in [9.17, 15) is 0 Å². The van der Waals surface area contributed by atoms with Crippen molar-refractivity contribution in [3.63, 3.8) is 0 Å². The summed E-state index contributed by atoms with van der Waals surface area (Å²) in [6, 6.07) is 0. The molecule has 1 saturated heterocycles. The Hall–Kier alpha value is 0.679. The first-order valence-electron chi connectivity index (χ1n) is 6.70. The molecule has 0 amide bonds. The van der Waals surface area contributed by atoms with E-state index in [0.717, 1.165) is 26.3 Å². The number of nitrogens with zero attached hydrogens (tertiary/aromatic N) is 1. The fourth-order valence-electron chi connectivity index (χ4n) is 1.96. The molecular weight excluding hydrogens is 309 g/mol. The molecule has 3 nitrogen and oxygen atoms in total. The van der Waals surface area contributed by atoms with Crippen LogP contribution in [-0.4, -0.2) is 59.7 Å². The molecule has 16 heavy (non-hydrogen) atoms. The van der Waals surface area contributed by atoms with Crippen molar-refractivity contribution in [3.8, 4) is 0 Å². The second kappa shape index (κ2) is 10.8. The summed E-state index contributed by atoms with van der Waals surface area (Å²) in [5.74, 6) is 0. The van der Waals surface area contributed by atoms with Crippen LogP contribution in [0.25, 0.3) is 0 Å². The summed E-state index contributed by atoms with van der Waals surface area (Å²) in [5.41, 5.74) is 0. The molecule has 4 heteroatoms. The fourth-order valence-corrected chi connectivity index (χ4v) is 3.38. The summed E-state index contributed by atoms with van der Waals surface area (Å²) in [4.78, 5) is 2.49. The Morgan fingerprint density at radius 2 is 1.56 bits per heavy atom. The summed E-state index contributed by atoms with van der Waals surface area (Å²) in [7, 11) is 0. The zero-order valence-corrected chi connectivity index (χ0v) is 13.9. The number of hydrogen-bond acceptors (Lipinski definition) is 3. The van der Waals surface area contributed by atoms with Crippen LogP contribution in [0.1, 0.15) is 45.4 Å². The minimum atomic E-state index is -1.04. The zero-order valence-electron chi connectivity index (χ0n) is 10.6. The van der Waals surface area contributed by atoms with E-state index in [4.69, 9.17) is 6.15 Å². The van der Waals surface area contributed by atoms with E-state index in [0.29, 0.717) is 0 Å². The average Bonchev–Trinajstić information content (AvgIpc) is 2.25. The van der Waals surface area contributed by atoms with Gasteiger partial charge in [0.25, 0.3) is 0 Å². The number of rotatable bonds is 7. The molecule has 1 radical (unpaired) electrons. The summed E-state index contributed by atoms with van der Waals surface area (Å²) in [6.07, 6.45) is 8.28. The van der Waals surface area contributed by atoms with Crippen molar-refractivity contribution in [2.45, 2.75) is 45.4 Å². The van der Waals surface area contributed by atoms with Gasteiger partial charge in [-0.25, -0.2) is 0 Å². The van der Waals surface area contributed by atoms with Crippen LogP contribution in [-0.2, 0) is 6.15 Å². The van der Waals surface area contributed by atoms with Crippen molar-refractivity contribution in [2.24, 2.45) is 0 Å². The van der Waals surface area contributed by atoms with Crippen LogP contribution in [0.4, 0.5) is 0 Å². The topological polar surface area (TPSA) is 21.7 Å². The summed E-state index contributed by atoms with van der Waals surface area (Å²) >= 11 is -1.04. The molecule has 0 aromatic carbocycles. The third kappa shape index (κ3) is 7.87. The third-order valence-corrected chi connectivity index (χ3v) is 5.14. The van der Waals surface area contributed by atoms with Gasteiger partial charge in [-0.05, 0) is 0 Å². The summed E-state index contributed by atoms with van der Waals surface area (Å²) in [6.45, 7) is 7.53. The second-order valence-corrected chi connectivity index (χ2v) is 6.90. The predicted molar refractivity (Wildman–Crippen MR) is 68.9 cm³/mol. The molecule has 1 rings (SSSR count). The molecule has 1 heterocycles. The molecule has 95 valence electrons. The molecule has 1 aliphatic heterocycles. The van der Waals surface area contributed by atoms with Crippen LogP contribution in [0.3, 0.4) is 0 Å². The molecule has 0 spiro atoms. The molecule has 1 fully saturated rings. The maximum atomic E-state index is 5.49. The average molecular weight is 335 g/mol. The monoisotopic (exact) mass is 336 g/mol. The standard InChI is InChI=1S/C12H25NO2.Sn.H/c1-2-3-4-5-6-7-8-13(9-11-14)10-12-15;;/h2-12H2,1H3;;/q-2;+2;. The van der Waals surface area contributed by atoms with E-state index in [1.807, 2.05) is 0 Å². The van der Waals surface area contributed by atoms with Crippen LogP contribution in [0.15, 0.2) is 0 Å². The van der Waals surface area contributed by atoms with Gasteiger partial charge in [-0.3, -0.25) is 0 Å². The third-order valence-electron chi connectivity index (χ3n) is 3.01. The summed E-state index contributed by atoms with van der Waals surface area (Å²) < 4.78 is 11.0. The molecule has 0 aromatic rings. The van der Waals surface area contributed by atoms with Gasteiger partial charge >= 0.3 is 111 Å². The van der Waals surface area contributed by atoms with Gasteiger partial charge in [0.15, 0.2) is 0 Å². The molecule has 0 saturated carbocycles. The van der Waals surface area contributed by atoms with Crippen molar-refractivity contribution in [1.82, 2.24) is 4.90 Å². The molecule has 1 aliphatic rings. The first kappa shape index (κ1) is 14.7. The van der Waals surface area contributed by atoms with E-state index in [1.54, 1.807) is 0 Å². The normalized spacial score (nSPS) is 19.3. The Kier molecular flexibility index (Phi) is 9.96. The first-order valence-corrected chi connectivity index (χ1v) is 9.40. The molecule has 0 unspecified atom stereocenters. The van der Waals surface area contributed by atoms with Crippen molar-refractivity contribution >= 4 is 22.0 Å². The van der Waals surface area contributed by atoms with E-state index >= 15 is 0 Å². The van der Waals surface area contributed by atoms with Gasteiger partial charge in [0, 0.05) is 0 Å². The minimum absolute atomic E-state index is 0.900. The summed E-state index contributed by atoms with van der Waals surface area (Å²) in [5, 5.41) is 0. The van der Waals surface area contributed by atoms with Crippen LogP contribution >= 0.6 is 0 Å². The van der Waals surface area contributed by atoms with Crippen molar-refractivity contribution in [2.75, 3.05) is 32.8 Å². The van der Waals surface area contributed by atoms with E-state index in [1.165, 1.54) is 45.1 Å². The van der Waals surface area contributed by atoms with Crippen LogP contribution in [0.2, 0.25) is 0 Å². The Labute approximate surface area is 111 Å². The molecule has 0 N–H and O–H groups in total. The van der Waals surface area contributed by atoms with Crippen molar-refractivity contribution in [3.05, 3.63) is 0 Å². The van der Waals surface area contributed by atoms with Gasteiger partial charge < -0.3 is 0 Å². The predicted octanol–water partition coefficient (Wildman–Crippen LogP) is 1.96. The van der Waals surface area contributed by atoms with Gasteiger partial charge in [0.1, 0.15) is 0 Å². The van der Waals surface area contributed by atoms with Gasteiger partial charge in [0.05, 0.1) is 0 Å². The molecule has 0 bridgehead atoms. The van der Waals surface area contributed by atoms with Crippen molar-refractivity contribution < 1.29 is 6.15 Å². The quantitative estimate of drug-likeness (QED) is 0.525. The Bertz CT molecular complexity index is 150. The van der Waals surface area contributed by atoms with Gasteiger partial charge in [-0.1, -0.05) is 0 Å². The van der Waals surface area contributed by atoms with E-state index in [2.05, 4.69) is 11.8 Å². The van der Waals surface area contributed by atoms with Crippen molar-refractivity contribution in [1.29, 1.82) is 0 Å². The van der Waals surface area contributed by atoms with E-state index < -0.39 is 22.0 Å². The molecule has 0 aliphatic carbocycles. The Balaban J connectivity index is 1.93. The maximum absolute atomic E-state index is 5.49. The first-order chi connectivity index (χ1) is 7.93. The van der Waals surface area contributed by atoms with Crippen LogP contribution < -0.4 is 0 Å². The van der Waals surface area contributed by atoms with E-state index in [-0.39, 0.29) is 0 Å². The molecule has 0 atom stereocenters. The van der Waals surface area contributed by atoms with Crippen LogP contribution in [0.5, 0.6) is 0 Å². The zero-order chi connectivity index (χ0) is 11.5. The van der Waals surface area contributed by atoms with Gasteiger partial charge in [-0.2, -0.15) is 0 Å². The molecule has 0 aromatic heterocycles. The fraction of sp³-hybridized carbons (Fsp3) is 1.00. The Morgan fingerprint density at radius 3 is 2.25 bits per heavy atom.